The number of piperazine rings is 1. The van der Waals surface area contributed by atoms with Crippen LogP contribution in [0.4, 0.5) is 15.2 Å². The Labute approximate surface area is 166 Å². The second-order valence-corrected chi connectivity index (χ2v) is 7.45. The van der Waals surface area contributed by atoms with Crippen molar-refractivity contribution < 1.29 is 9.18 Å². The Balaban J connectivity index is 1.50. The largest absolute Gasteiger partial charge is 0.344 e. The zero-order chi connectivity index (χ0) is 19.5. The molecule has 0 unspecified atom stereocenters. The van der Waals surface area contributed by atoms with Gasteiger partial charge in [-0.1, -0.05) is 24.3 Å². The lowest BCUT2D eigenvalue weighted by atomic mass is 10.3. The Morgan fingerprint density at radius 3 is 2.68 bits per heavy atom. The zero-order valence-electron chi connectivity index (χ0n) is 15.5. The molecule has 1 aliphatic rings. The van der Waals surface area contributed by atoms with Gasteiger partial charge < -0.3 is 15.1 Å². The maximum Gasteiger partial charge on any atom is 0.272 e. The summed E-state index contributed by atoms with van der Waals surface area (Å²) in [5, 5.41) is 12.8. The van der Waals surface area contributed by atoms with Crippen molar-refractivity contribution in [3.63, 3.8) is 0 Å². The molecule has 1 aromatic carbocycles. The predicted molar refractivity (Wildman–Crippen MR) is 108 cm³/mol. The van der Waals surface area contributed by atoms with Crippen molar-refractivity contribution >= 4 is 28.1 Å². The Bertz CT molecular complexity index is 963. The first-order valence-electron chi connectivity index (χ1n) is 9.19. The summed E-state index contributed by atoms with van der Waals surface area (Å²) in [4.78, 5) is 17.3. The second-order valence-electron chi connectivity index (χ2n) is 6.52. The molecule has 7 nitrogen and oxygen atoms in total. The molecule has 0 aliphatic carbocycles. The number of halogens is 1. The van der Waals surface area contributed by atoms with E-state index in [1.54, 1.807) is 35.0 Å². The summed E-state index contributed by atoms with van der Waals surface area (Å²) in [5.74, 6) is -0.728. The molecule has 0 saturated carbocycles. The highest BCUT2D eigenvalue weighted by molar-refractivity contribution is 7.17. The molecule has 3 heterocycles. The number of likely N-dealkylation sites (N-methyl/N-ethyl adjacent to an activating group) is 1. The van der Waals surface area contributed by atoms with E-state index in [2.05, 4.69) is 32.2 Å². The van der Waals surface area contributed by atoms with Crippen LogP contribution in [0.1, 0.15) is 17.4 Å². The van der Waals surface area contributed by atoms with Crippen LogP contribution in [0.3, 0.4) is 0 Å². The van der Waals surface area contributed by atoms with Crippen molar-refractivity contribution in [1.29, 1.82) is 0 Å². The Morgan fingerprint density at radius 1 is 1.14 bits per heavy atom. The molecule has 0 radical (unpaired) electrons. The van der Waals surface area contributed by atoms with Gasteiger partial charge in [0.2, 0.25) is 10.3 Å². The van der Waals surface area contributed by atoms with Gasteiger partial charge in [0.05, 0.1) is 0 Å². The summed E-state index contributed by atoms with van der Waals surface area (Å²) in [6, 6.07) is 9.30. The topological polar surface area (TPSA) is 66.3 Å². The summed E-state index contributed by atoms with van der Waals surface area (Å²) in [5.41, 5.74) is 0.826. The number of aromatic nitrogens is 3. The maximum atomic E-state index is 13.3. The molecule has 28 heavy (non-hydrogen) atoms. The number of nitrogens with one attached hydrogen (secondary N) is 1. The lowest BCUT2D eigenvalue weighted by molar-refractivity contribution is 0.102. The minimum atomic E-state index is -0.398. The van der Waals surface area contributed by atoms with Gasteiger partial charge in [-0.2, -0.15) is 0 Å². The van der Waals surface area contributed by atoms with E-state index in [0.717, 1.165) is 37.9 Å². The van der Waals surface area contributed by atoms with E-state index < -0.39 is 5.82 Å². The number of benzene rings is 1. The highest BCUT2D eigenvalue weighted by Gasteiger charge is 2.21. The van der Waals surface area contributed by atoms with E-state index in [1.165, 1.54) is 23.5 Å². The molecule has 1 amide bonds. The fraction of sp³-hybridized carbons (Fsp3) is 0.316. The normalized spacial score (nSPS) is 15.0. The number of rotatable bonds is 5. The molecule has 4 rings (SSSR count). The molecular formula is C19H21FN6OS. The molecule has 1 fully saturated rings. The molecule has 1 N–H and O–H groups in total. The number of nitrogens with zero attached hydrogens (tertiary/aromatic N) is 5. The first kappa shape index (κ1) is 18.6. The molecule has 9 heteroatoms. The molecular weight excluding hydrogens is 379 g/mol. The van der Waals surface area contributed by atoms with Crippen LogP contribution >= 0.6 is 11.3 Å². The van der Waals surface area contributed by atoms with Crippen molar-refractivity contribution in [2.24, 2.45) is 0 Å². The Morgan fingerprint density at radius 2 is 1.93 bits per heavy atom. The van der Waals surface area contributed by atoms with Crippen molar-refractivity contribution in [2.75, 3.05) is 42.9 Å². The number of carbonyl (C=O) groups is 1. The SMILES string of the molecule is CCN1CCN(c2nnc(-n3cccc3C(=O)Nc3cccc(F)c3)s2)CC1. The fourth-order valence-corrected chi connectivity index (χ4v) is 4.08. The maximum absolute atomic E-state index is 13.3. The Kier molecular flexibility index (Phi) is 5.36. The quantitative estimate of drug-likeness (QED) is 0.713. The van der Waals surface area contributed by atoms with E-state index in [9.17, 15) is 9.18 Å². The molecule has 0 atom stereocenters. The number of hydrogen-bond acceptors (Lipinski definition) is 6. The van der Waals surface area contributed by atoms with Gasteiger partial charge in [-0.3, -0.25) is 9.36 Å². The van der Waals surface area contributed by atoms with E-state index in [1.807, 2.05) is 0 Å². The van der Waals surface area contributed by atoms with Crippen LogP contribution in [0.2, 0.25) is 0 Å². The molecule has 2 aromatic heterocycles. The van der Waals surface area contributed by atoms with Crippen molar-refractivity contribution in [3.8, 4) is 5.13 Å². The van der Waals surface area contributed by atoms with Gasteiger partial charge in [0.25, 0.3) is 5.91 Å². The summed E-state index contributed by atoms with van der Waals surface area (Å²) in [6.45, 7) is 7.08. The second kappa shape index (κ2) is 8.07. The van der Waals surface area contributed by atoms with Gasteiger partial charge in [0.15, 0.2) is 0 Å². The van der Waals surface area contributed by atoms with Gasteiger partial charge in [-0.15, -0.1) is 10.2 Å². The lowest BCUT2D eigenvalue weighted by Crippen LogP contribution is -2.46. The number of anilines is 2. The molecule has 3 aromatic rings. The van der Waals surface area contributed by atoms with Crippen LogP contribution in [0.5, 0.6) is 0 Å². The van der Waals surface area contributed by atoms with Crippen LogP contribution in [0.25, 0.3) is 5.13 Å². The van der Waals surface area contributed by atoms with Crippen LogP contribution in [0.15, 0.2) is 42.6 Å². The van der Waals surface area contributed by atoms with Gasteiger partial charge in [0.1, 0.15) is 11.5 Å². The average Bonchev–Trinajstić information content (AvgIpc) is 3.37. The van der Waals surface area contributed by atoms with Crippen molar-refractivity contribution in [1.82, 2.24) is 19.7 Å². The van der Waals surface area contributed by atoms with Gasteiger partial charge in [0, 0.05) is 38.1 Å². The lowest BCUT2D eigenvalue weighted by Gasteiger charge is -2.33. The van der Waals surface area contributed by atoms with Crippen molar-refractivity contribution in [3.05, 3.63) is 54.1 Å². The molecule has 1 saturated heterocycles. The van der Waals surface area contributed by atoms with Crippen molar-refractivity contribution in [2.45, 2.75) is 6.92 Å². The number of carbonyl (C=O) groups excluding carboxylic acids is 1. The van der Waals surface area contributed by atoms with Gasteiger partial charge >= 0.3 is 0 Å². The summed E-state index contributed by atoms with van der Waals surface area (Å²) in [6.07, 6.45) is 1.78. The molecule has 0 spiro atoms. The monoisotopic (exact) mass is 400 g/mol. The minimum Gasteiger partial charge on any atom is -0.344 e. The van der Waals surface area contributed by atoms with Gasteiger partial charge in [-0.05, 0) is 36.9 Å². The first-order chi connectivity index (χ1) is 13.6. The fourth-order valence-electron chi connectivity index (χ4n) is 3.18. The minimum absolute atomic E-state index is 0.330. The van der Waals surface area contributed by atoms with E-state index in [0.29, 0.717) is 16.5 Å². The van der Waals surface area contributed by atoms with Crippen LogP contribution in [0, 0.1) is 5.82 Å². The third kappa shape index (κ3) is 3.90. The van der Waals surface area contributed by atoms with E-state index in [4.69, 9.17) is 0 Å². The van der Waals surface area contributed by atoms with Crippen LogP contribution < -0.4 is 10.2 Å². The van der Waals surface area contributed by atoms with E-state index in [-0.39, 0.29) is 5.91 Å². The first-order valence-corrected chi connectivity index (χ1v) is 10.0. The third-order valence-electron chi connectivity index (χ3n) is 4.76. The predicted octanol–water partition coefficient (Wildman–Crippen LogP) is 2.86. The molecule has 1 aliphatic heterocycles. The standard InChI is InChI=1S/C19H21FN6OS/c1-2-24-9-11-25(12-10-24)18-22-23-19(28-18)26-8-4-7-16(26)17(27)21-15-6-3-5-14(20)13-15/h3-8,13H,2,9-12H2,1H3,(H,21,27). The summed E-state index contributed by atoms with van der Waals surface area (Å²) in [7, 11) is 0. The highest BCUT2D eigenvalue weighted by atomic mass is 32.1. The van der Waals surface area contributed by atoms with Gasteiger partial charge in [-0.25, -0.2) is 4.39 Å². The zero-order valence-corrected chi connectivity index (χ0v) is 16.3. The molecule has 0 bridgehead atoms. The highest BCUT2D eigenvalue weighted by Crippen LogP contribution is 2.25. The Hall–Kier alpha value is -2.78. The summed E-state index contributed by atoms with van der Waals surface area (Å²) >= 11 is 1.45. The molecule has 146 valence electrons. The van der Waals surface area contributed by atoms with Crippen LogP contribution in [-0.4, -0.2) is 58.3 Å². The number of hydrogen-bond donors (Lipinski definition) is 1. The van der Waals surface area contributed by atoms with Crippen LogP contribution in [-0.2, 0) is 0 Å². The summed E-state index contributed by atoms with van der Waals surface area (Å²) < 4.78 is 15.1. The van der Waals surface area contributed by atoms with E-state index >= 15 is 0 Å². The number of amides is 1. The smallest absolute Gasteiger partial charge is 0.272 e. The average molecular weight is 400 g/mol. The third-order valence-corrected chi connectivity index (χ3v) is 5.75.